The first-order valence-electron chi connectivity index (χ1n) is 8.64. The fraction of sp³-hybridized carbons (Fsp3) is 0.611. The van der Waals surface area contributed by atoms with Crippen LogP contribution in [0.5, 0.6) is 5.75 Å². The lowest BCUT2D eigenvalue weighted by atomic mass is 10.0. The van der Waals surface area contributed by atoms with Crippen LogP contribution in [0.3, 0.4) is 0 Å². The molecule has 1 aromatic rings. The Kier molecular flexibility index (Phi) is 10.1. The highest BCUT2D eigenvalue weighted by Crippen LogP contribution is 2.29. The SMILES string of the molecule is CCNC(=NCC1(O)CCCC1)NCCCOc1ccccc1.I. The van der Waals surface area contributed by atoms with Gasteiger partial charge in [-0.3, -0.25) is 4.99 Å². The van der Waals surface area contributed by atoms with Gasteiger partial charge in [-0.1, -0.05) is 31.0 Å². The minimum absolute atomic E-state index is 0. The zero-order chi connectivity index (χ0) is 16.4. The molecule has 0 saturated heterocycles. The summed E-state index contributed by atoms with van der Waals surface area (Å²) < 4.78 is 5.66. The van der Waals surface area contributed by atoms with Crippen LogP contribution in [0.2, 0.25) is 0 Å². The van der Waals surface area contributed by atoms with Gasteiger partial charge in [0.25, 0.3) is 0 Å². The molecule has 0 radical (unpaired) electrons. The standard InChI is InChI=1S/C18H29N3O2.HI/c1-2-19-17(21-15-18(22)11-6-7-12-18)20-13-8-14-23-16-9-4-3-5-10-16;/h3-5,9-10,22H,2,6-8,11-15H2,1H3,(H2,19,20,21);1H. The average Bonchev–Trinajstić information content (AvgIpc) is 3.00. The van der Waals surface area contributed by atoms with Gasteiger partial charge in [0, 0.05) is 13.1 Å². The van der Waals surface area contributed by atoms with Crippen LogP contribution in [0.1, 0.15) is 39.0 Å². The van der Waals surface area contributed by atoms with Gasteiger partial charge in [-0.2, -0.15) is 0 Å². The smallest absolute Gasteiger partial charge is 0.191 e. The van der Waals surface area contributed by atoms with Crippen molar-refractivity contribution in [3.8, 4) is 5.75 Å². The molecular weight excluding hydrogens is 417 g/mol. The van der Waals surface area contributed by atoms with Crippen LogP contribution in [0.4, 0.5) is 0 Å². The van der Waals surface area contributed by atoms with Crippen LogP contribution in [0, 0.1) is 0 Å². The van der Waals surface area contributed by atoms with E-state index in [4.69, 9.17) is 4.74 Å². The van der Waals surface area contributed by atoms with Gasteiger partial charge in [-0.05, 0) is 38.3 Å². The molecule has 0 bridgehead atoms. The third kappa shape index (κ3) is 7.70. The molecule has 0 spiro atoms. The van der Waals surface area contributed by atoms with Crippen LogP contribution in [0.15, 0.2) is 35.3 Å². The summed E-state index contributed by atoms with van der Waals surface area (Å²) in [4.78, 5) is 4.53. The first-order chi connectivity index (χ1) is 11.2. The number of nitrogens with one attached hydrogen (secondary N) is 2. The Labute approximate surface area is 162 Å². The average molecular weight is 447 g/mol. The molecule has 0 amide bonds. The van der Waals surface area contributed by atoms with Gasteiger partial charge < -0.3 is 20.5 Å². The van der Waals surface area contributed by atoms with Gasteiger partial charge >= 0.3 is 0 Å². The molecular formula is C18H30IN3O2. The van der Waals surface area contributed by atoms with Crippen molar-refractivity contribution in [3.05, 3.63) is 30.3 Å². The molecule has 0 unspecified atom stereocenters. The lowest BCUT2D eigenvalue weighted by molar-refractivity contribution is 0.0574. The molecule has 0 aromatic heterocycles. The van der Waals surface area contributed by atoms with Crippen LogP contribution in [0.25, 0.3) is 0 Å². The van der Waals surface area contributed by atoms with Crippen LogP contribution < -0.4 is 15.4 Å². The van der Waals surface area contributed by atoms with Gasteiger partial charge in [0.15, 0.2) is 5.96 Å². The Morgan fingerprint density at radius 1 is 1.21 bits per heavy atom. The molecule has 3 N–H and O–H groups in total. The fourth-order valence-electron chi connectivity index (χ4n) is 2.74. The predicted molar refractivity (Wildman–Crippen MR) is 109 cm³/mol. The second-order valence-electron chi connectivity index (χ2n) is 6.07. The maximum absolute atomic E-state index is 10.4. The van der Waals surface area contributed by atoms with Crippen molar-refractivity contribution in [1.29, 1.82) is 0 Å². The molecule has 1 aliphatic carbocycles. The second kappa shape index (κ2) is 11.5. The van der Waals surface area contributed by atoms with E-state index < -0.39 is 5.60 Å². The molecule has 1 aliphatic rings. The van der Waals surface area contributed by atoms with Gasteiger partial charge in [-0.15, -0.1) is 24.0 Å². The zero-order valence-corrected chi connectivity index (χ0v) is 16.8. The number of rotatable bonds is 8. The summed E-state index contributed by atoms with van der Waals surface area (Å²) in [5, 5.41) is 16.9. The molecule has 6 heteroatoms. The monoisotopic (exact) mass is 447 g/mol. The zero-order valence-electron chi connectivity index (χ0n) is 14.5. The van der Waals surface area contributed by atoms with Crippen LogP contribution in [-0.4, -0.2) is 42.9 Å². The highest BCUT2D eigenvalue weighted by molar-refractivity contribution is 14.0. The first kappa shape index (κ1) is 21.0. The Morgan fingerprint density at radius 2 is 1.92 bits per heavy atom. The van der Waals surface area contributed by atoms with Crippen molar-refractivity contribution in [2.24, 2.45) is 4.99 Å². The van der Waals surface area contributed by atoms with Crippen molar-refractivity contribution in [3.63, 3.8) is 0 Å². The van der Waals surface area contributed by atoms with Gasteiger partial charge in [0.05, 0.1) is 18.8 Å². The highest BCUT2D eigenvalue weighted by Gasteiger charge is 2.30. The molecule has 0 heterocycles. The molecule has 136 valence electrons. The Morgan fingerprint density at radius 3 is 2.58 bits per heavy atom. The second-order valence-corrected chi connectivity index (χ2v) is 6.07. The number of benzene rings is 1. The maximum Gasteiger partial charge on any atom is 0.191 e. The normalized spacial score (nSPS) is 16.3. The number of halogens is 1. The Hall–Kier alpha value is -1.02. The largest absolute Gasteiger partial charge is 0.494 e. The van der Waals surface area contributed by atoms with E-state index in [-0.39, 0.29) is 24.0 Å². The van der Waals surface area contributed by atoms with Crippen molar-refractivity contribution in [2.75, 3.05) is 26.2 Å². The minimum atomic E-state index is -0.598. The van der Waals surface area contributed by atoms with Crippen molar-refractivity contribution in [2.45, 2.75) is 44.6 Å². The summed E-state index contributed by atoms with van der Waals surface area (Å²) in [6.07, 6.45) is 4.82. The molecule has 2 rings (SSSR count). The summed E-state index contributed by atoms with van der Waals surface area (Å²) >= 11 is 0. The molecule has 1 saturated carbocycles. The number of nitrogens with zero attached hydrogens (tertiary/aromatic N) is 1. The molecule has 1 aromatic carbocycles. The number of guanidine groups is 1. The molecule has 0 aliphatic heterocycles. The number of ether oxygens (including phenoxy) is 1. The third-order valence-electron chi connectivity index (χ3n) is 4.04. The van der Waals surface area contributed by atoms with E-state index in [1.165, 1.54) is 0 Å². The summed E-state index contributed by atoms with van der Waals surface area (Å²) in [5.74, 6) is 1.67. The first-order valence-corrected chi connectivity index (χ1v) is 8.64. The van der Waals surface area contributed by atoms with E-state index in [9.17, 15) is 5.11 Å². The number of hydrogen-bond donors (Lipinski definition) is 3. The fourth-order valence-corrected chi connectivity index (χ4v) is 2.74. The van der Waals surface area contributed by atoms with Crippen molar-refractivity contribution < 1.29 is 9.84 Å². The lowest BCUT2D eigenvalue weighted by Crippen LogP contribution is -2.40. The van der Waals surface area contributed by atoms with E-state index >= 15 is 0 Å². The van der Waals surface area contributed by atoms with Gasteiger partial charge in [0.1, 0.15) is 5.75 Å². The maximum atomic E-state index is 10.4. The summed E-state index contributed by atoms with van der Waals surface area (Å²) in [5.41, 5.74) is -0.598. The Balaban J connectivity index is 0.00000288. The molecule has 0 atom stereocenters. The summed E-state index contributed by atoms with van der Waals surface area (Å²) in [7, 11) is 0. The van der Waals surface area contributed by atoms with E-state index in [2.05, 4.69) is 15.6 Å². The molecule has 1 fully saturated rings. The van der Waals surface area contributed by atoms with E-state index in [0.29, 0.717) is 13.2 Å². The minimum Gasteiger partial charge on any atom is -0.494 e. The van der Waals surface area contributed by atoms with Gasteiger partial charge in [0.2, 0.25) is 0 Å². The quantitative estimate of drug-likeness (QED) is 0.248. The van der Waals surface area contributed by atoms with Gasteiger partial charge in [-0.25, -0.2) is 0 Å². The number of hydrogen-bond acceptors (Lipinski definition) is 3. The number of aliphatic hydroxyl groups is 1. The highest BCUT2D eigenvalue weighted by atomic mass is 127. The summed E-state index contributed by atoms with van der Waals surface area (Å²) in [6, 6.07) is 9.84. The molecule has 5 nitrogen and oxygen atoms in total. The lowest BCUT2D eigenvalue weighted by Gasteiger charge is -2.20. The van der Waals surface area contributed by atoms with Crippen molar-refractivity contribution >= 4 is 29.9 Å². The van der Waals surface area contributed by atoms with E-state index in [1.807, 2.05) is 37.3 Å². The van der Waals surface area contributed by atoms with Crippen LogP contribution >= 0.6 is 24.0 Å². The predicted octanol–water partition coefficient (Wildman–Crippen LogP) is 2.93. The van der Waals surface area contributed by atoms with E-state index in [1.54, 1.807) is 0 Å². The topological polar surface area (TPSA) is 65.9 Å². The third-order valence-corrected chi connectivity index (χ3v) is 4.04. The van der Waals surface area contributed by atoms with E-state index in [0.717, 1.165) is 56.9 Å². The molecule has 24 heavy (non-hydrogen) atoms. The van der Waals surface area contributed by atoms with Crippen molar-refractivity contribution in [1.82, 2.24) is 10.6 Å². The number of para-hydroxylation sites is 1. The number of aliphatic imine (C=N–C) groups is 1. The summed E-state index contributed by atoms with van der Waals surface area (Å²) in [6.45, 7) is 4.78. The Bertz CT molecular complexity index is 476. The van der Waals surface area contributed by atoms with Crippen LogP contribution in [-0.2, 0) is 0 Å².